The molecule has 0 atom stereocenters. The van der Waals surface area contributed by atoms with Crippen LogP contribution in [0.15, 0.2) is 6.20 Å². The Kier molecular flexibility index (Phi) is 6.14. The lowest BCUT2D eigenvalue weighted by atomic mass is 10.2. The van der Waals surface area contributed by atoms with Crippen molar-refractivity contribution in [1.82, 2.24) is 19.6 Å². The van der Waals surface area contributed by atoms with Crippen molar-refractivity contribution in [2.24, 2.45) is 0 Å². The second kappa shape index (κ2) is 7.40. The predicted octanol–water partition coefficient (Wildman–Crippen LogP) is 2.86. The average molecular weight is 320 g/mol. The number of alkyl halides is 1. The molecule has 2 rings (SSSR count). The fourth-order valence-corrected chi connectivity index (χ4v) is 2.08. The molecule has 118 valence electrons. The maximum Gasteiger partial charge on any atom is 0.216 e. The van der Waals surface area contributed by atoms with E-state index in [-0.39, 0.29) is 24.9 Å². The lowest BCUT2D eigenvalue weighted by molar-refractivity contribution is 0.426. The number of halogens is 3. The fraction of sp³-hybridized carbons (Fsp3) is 0.538. The van der Waals surface area contributed by atoms with Crippen LogP contribution in [0.4, 0.5) is 14.5 Å². The van der Waals surface area contributed by atoms with Gasteiger partial charge in [-0.1, -0.05) is 0 Å². The van der Waals surface area contributed by atoms with Gasteiger partial charge in [0.1, 0.15) is 6.67 Å². The predicted molar refractivity (Wildman–Crippen MR) is 80.1 cm³/mol. The van der Waals surface area contributed by atoms with Crippen LogP contribution < -0.4 is 5.32 Å². The number of nitrogens with zero attached hydrogens (tertiary/aromatic N) is 4. The van der Waals surface area contributed by atoms with Crippen LogP contribution in [0.5, 0.6) is 0 Å². The zero-order valence-electron chi connectivity index (χ0n) is 12.4. The van der Waals surface area contributed by atoms with Crippen LogP contribution in [-0.4, -0.2) is 26.2 Å². The Labute approximate surface area is 128 Å². The molecule has 0 aliphatic rings. The molecule has 0 aliphatic heterocycles. The van der Waals surface area contributed by atoms with Crippen LogP contribution in [0.2, 0.25) is 0 Å². The topological polar surface area (TPSA) is 47.7 Å². The van der Waals surface area contributed by atoms with Gasteiger partial charge in [0, 0.05) is 24.8 Å². The largest absolute Gasteiger partial charge is 0.378 e. The van der Waals surface area contributed by atoms with Gasteiger partial charge in [0.05, 0.1) is 23.6 Å². The maximum absolute atomic E-state index is 14.0. The Morgan fingerprint density at radius 2 is 1.95 bits per heavy atom. The van der Waals surface area contributed by atoms with Crippen molar-refractivity contribution in [2.45, 2.75) is 40.4 Å². The summed E-state index contributed by atoms with van der Waals surface area (Å²) in [5.41, 5.74) is 2.76. The molecule has 1 N–H and O–H groups in total. The van der Waals surface area contributed by atoms with E-state index in [4.69, 9.17) is 0 Å². The molecule has 0 radical (unpaired) electrons. The molecule has 5 nitrogen and oxygen atoms in total. The number of aryl methyl sites for hydroxylation is 4. The van der Waals surface area contributed by atoms with E-state index >= 15 is 0 Å². The highest BCUT2D eigenvalue weighted by Crippen LogP contribution is 2.17. The van der Waals surface area contributed by atoms with Gasteiger partial charge >= 0.3 is 0 Å². The van der Waals surface area contributed by atoms with Crippen molar-refractivity contribution in [3.8, 4) is 0 Å². The Morgan fingerprint density at radius 1 is 1.24 bits per heavy atom. The van der Waals surface area contributed by atoms with Crippen LogP contribution in [0.3, 0.4) is 0 Å². The first-order valence-electron chi connectivity index (χ1n) is 6.62. The van der Waals surface area contributed by atoms with Gasteiger partial charge in [-0.3, -0.25) is 4.68 Å². The zero-order chi connectivity index (χ0) is 14.7. The summed E-state index contributed by atoms with van der Waals surface area (Å²) in [5.74, 6) is -0.314. The van der Waals surface area contributed by atoms with Crippen LogP contribution in [0.1, 0.15) is 23.9 Å². The van der Waals surface area contributed by atoms with Gasteiger partial charge in [-0.2, -0.15) is 14.6 Å². The number of hydrogen-bond acceptors (Lipinski definition) is 3. The number of hydrogen-bond donors (Lipinski definition) is 1. The fourth-order valence-electron chi connectivity index (χ4n) is 2.08. The molecule has 0 amide bonds. The summed E-state index contributed by atoms with van der Waals surface area (Å²) >= 11 is 0. The Bertz CT molecular complexity index is 594. The first kappa shape index (κ1) is 17.4. The molecular formula is C13H20ClF2N5. The van der Waals surface area contributed by atoms with Gasteiger partial charge in [0.25, 0.3) is 0 Å². The molecule has 0 fully saturated rings. The summed E-state index contributed by atoms with van der Waals surface area (Å²) < 4.78 is 29.2. The van der Waals surface area contributed by atoms with Crippen molar-refractivity contribution in [1.29, 1.82) is 0 Å². The first-order valence-corrected chi connectivity index (χ1v) is 6.62. The highest BCUT2D eigenvalue weighted by Gasteiger charge is 2.14. The summed E-state index contributed by atoms with van der Waals surface area (Å²) in [6.07, 6.45) is 1.73. The molecule has 0 bridgehead atoms. The SMILES string of the molecule is CCn1nc(C)c(CNc2cn(CCF)nc2C)c1F.Cl. The number of rotatable bonds is 6. The Morgan fingerprint density at radius 3 is 2.52 bits per heavy atom. The molecule has 0 saturated heterocycles. The van der Waals surface area contributed by atoms with Gasteiger partial charge in [0.15, 0.2) is 0 Å². The standard InChI is InChI=1S/C13H19F2N5.ClH/c1-4-20-13(15)11(9(2)18-20)7-16-12-8-19(6-5-14)17-10(12)3;/h8,16H,4-7H2,1-3H3;1H. The molecule has 2 aromatic heterocycles. The van der Waals surface area contributed by atoms with Gasteiger partial charge in [-0.15, -0.1) is 12.4 Å². The highest BCUT2D eigenvalue weighted by atomic mass is 35.5. The molecule has 21 heavy (non-hydrogen) atoms. The summed E-state index contributed by atoms with van der Waals surface area (Å²) in [5, 5.41) is 11.4. The van der Waals surface area contributed by atoms with Gasteiger partial charge < -0.3 is 5.32 Å². The average Bonchev–Trinajstić information content (AvgIpc) is 2.89. The second-order valence-electron chi connectivity index (χ2n) is 4.60. The molecule has 0 aromatic carbocycles. The molecule has 2 heterocycles. The third-order valence-corrected chi connectivity index (χ3v) is 3.20. The summed E-state index contributed by atoms with van der Waals surface area (Å²) in [6.45, 7) is 6.06. The molecule has 8 heteroatoms. The van der Waals surface area contributed by atoms with Crippen molar-refractivity contribution >= 4 is 18.1 Å². The normalized spacial score (nSPS) is 10.5. The Balaban J connectivity index is 0.00000220. The van der Waals surface area contributed by atoms with E-state index in [2.05, 4.69) is 15.5 Å². The van der Waals surface area contributed by atoms with Gasteiger partial charge in [-0.05, 0) is 20.8 Å². The summed E-state index contributed by atoms with van der Waals surface area (Å²) in [6, 6.07) is 0. The zero-order valence-corrected chi connectivity index (χ0v) is 13.2. The molecule has 0 spiro atoms. The lowest BCUT2D eigenvalue weighted by Gasteiger charge is -2.04. The van der Waals surface area contributed by atoms with E-state index in [0.717, 1.165) is 11.4 Å². The van der Waals surface area contributed by atoms with E-state index in [1.807, 2.05) is 13.8 Å². The van der Waals surface area contributed by atoms with Crippen LogP contribution in [0.25, 0.3) is 0 Å². The molecular weight excluding hydrogens is 300 g/mol. The third kappa shape index (κ3) is 3.72. The minimum atomic E-state index is -0.461. The second-order valence-corrected chi connectivity index (χ2v) is 4.60. The molecule has 0 unspecified atom stereocenters. The summed E-state index contributed by atoms with van der Waals surface area (Å²) in [4.78, 5) is 0. The number of anilines is 1. The maximum atomic E-state index is 14.0. The van der Waals surface area contributed by atoms with E-state index in [9.17, 15) is 8.78 Å². The quantitative estimate of drug-likeness (QED) is 0.890. The van der Waals surface area contributed by atoms with Crippen molar-refractivity contribution in [3.63, 3.8) is 0 Å². The van der Waals surface area contributed by atoms with E-state index in [1.54, 1.807) is 13.1 Å². The van der Waals surface area contributed by atoms with E-state index < -0.39 is 6.67 Å². The smallest absolute Gasteiger partial charge is 0.216 e. The highest BCUT2D eigenvalue weighted by molar-refractivity contribution is 5.85. The minimum Gasteiger partial charge on any atom is -0.378 e. The number of aromatic nitrogens is 4. The van der Waals surface area contributed by atoms with Crippen molar-refractivity contribution < 1.29 is 8.78 Å². The van der Waals surface area contributed by atoms with Gasteiger partial charge in [0.2, 0.25) is 5.95 Å². The summed E-state index contributed by atoms with van der Waals surface area (Å²) in [7, 11) is 0. The van der Waals surface area contributed by atoms with Crippen molar-refractivity contribution in [2.75, 3.05) is 12.0 Å². The molecule has 0 saturated carbocycles. The number of nitrogens with one attached hydrogen (secondary N) is 1. The van der Waals surface area contributed by atoms with Gasteiger partial charge in [-0.25, -0.2) is 9.07 Å². The van der Waals surface area contributed by atoms with Crippen LogP contribution in [-0.2, 0) is 19.6 Å². The van der Waals surface area contributed by atoms with Crippen LogP contribution in [0, 0.1) is 19.8 Å². The Hall–Kier alpha value is -1.63. The first-order chi connectivity index (χ1) is 9.56. The molecule has 2 aromatic rings. The van der Waals surface area contributed by atoms with E-state index in [1.165, 1.54) is 9.36 Å². The van der Waals surface area contributed by atoms with Crippen LogP contribution >= 0.6 is 12.4 Å². The third-order valence-electron chi connectivity index (χ3n) is 3.20. The monoisotopic (exact) mass is 319 g/mol. The molecule has 0 aliphatic carbocycles. The minimum absolute atomic E-state index is 0. The lowest BCUT2D eigenvalue weighted by Crippen LogP contribution is -2.04. The van der Waals surface area contributed by atoms with Crippen molar-refractivity contribution in [3.05, 3.63) is 29.1 Å². The van der Waals surface area contributed by atoms with E-state index in [0.29, 0.717) is 24.3 Å².